The van der Waals surface area contributed by atoms with Crippen molar-refractivity contribution < 1.29 is 13.2 Å². The second-order valence-corrected chi connectivity index (χ2v) is 6.58. The Bertz CT molecular complexity index is 722. The molecule has 4 nitrogen and oxygen atoms in total. The maximum Gasteiger partial charge on any atom is 0.264 e. The molecule has 0 unspecified atom stereocenters. The van der Waals surface area contributed by atoms with E-state index in [0.717, 1.165) is 0 Å². The molecule has 0 radical (unpaired) electrons. The number of carbonyl (C=O) groups is 1. The third-order valence-electron chi connectivity index (χ3n) is 3.28. The largest absolute Gasteiger partial charge is 0.294 e. The molecule has 0 atom stereocenters. The number of sulfonamides is 1. The first kappa shape index (κ1) is 15.3. The van der Waals surface area contributed by atoms with Crippen LogP contribution in [0.1, 0.15) is 23.7 Å². The standard InChI is InChI=1S/C16H17NO3S/c1-3-16(18)13-9-11-15(12-10-13)21(19,20)17(2)14-7-5-4-6-8-14/h4-12H,3H2,1-2H3. The zero-order valence-electron chi connectivity index (χ0n) is 12.0. The Morgan fingerprint density at radius 2 is 1.57 bits per heavy atom. The zero-order valence-corrected chi connectivity index (χ0v) is 12.8. The molecule has 0 saturated heterocycles. The minimum absolute atomic E-state index is 0.00429. The number of hydrogen-bond donors (Lipinski definition) is 0. The summed E-state index contributed by atoms with van der Waals surface area (Å²) in [5.41, 5.74) is 1.12. The van der Waals surface area contributed by atoms with E-state index in [1.165, 1.54) is 23.5 Å². The van der Waals surface area contributed by atoms with Gasteiger partial charge in [0.05, 0.1) is 10.6 Å². The molecule has 0 aromatic heterocycles. The van der Waals surface area contributed by atoms with E-state index < -0.39 is 10.0 Å². The maximum absolute atomic E-state index is 12.5. The summed E-state index contributed by atoms with van der Waals surface area (Å²) in [6.07, 6.45) is 0.399. The monoisotopic (exact) mass is 303 g/mol. The van der Waals surface area contributed by atoms with E-state index in [0.29, 0.717) is 17.7 Å². The zero-order chi connectivity index (χ0) is 15.5. The molecule has 2 aromatic rings. The molecule has 0 N–H and O–H groups in total. The van der Waals surface area contributed by atoms with E-state index in [1.807, 2.05) is 6.07 Å². The van der Waals surface area contributed by atoms with E-state index in [1.54, 1.807) is 43.3 Å². The van der Waals surface area contributed by atoms with Crippen molar-refractivity contribution in [1.29, 1.82) is 0 Å². The molecule has 0 fully saturated rings. The Hall–Kier alpha value is -2.14. The number of nitrogens with zero attached hydrogens (tertiary/aromatic N) is 1. The van der Waals surface area contributed by atoms with Crippen molar-refractivity contribution in [3.8, 4) is 0 Å². The molecule has 0 bridgehead atoms. The number of rotatable bonds is 5. The summed E-state index contributed by atoms with van der Waals surface area (Å²) in [5.74, 6) is -0.00429. The Morgan fingerprint density at radius 3 is 2.10 bits per heavy atom. The van der Waals surface area contributed by atoms with Gasteiger partial charge in [0.1, 0.15) is 0 Å². The molecule has 0 heterocycles. The van der Waals surface area contributed by atoms with Crippen molar-refractivity contribution in [3.63, 3.8) is 0 Å². The minimum Gasteiger partial charge on any atom is -0.294 e. The summed E-state index contributed by atoms with van der Waals surface area (Å²) in [5, 5.41) is 0. The van der Waals surface area contributed by atoms with Gasteiger partial charge in [-0.2, -0.15) is 0 Å². The summed E-state index contributed by atoms with van der Waals surface area (Å²) in [7, 11) is -2.11. The van der Waals surface area contributed by atoms with Gasteiger partial charge in [0.15, 0.2) is 5.78 Å². The quantitative estimate of drug-likeness (QED) is 0.798. The van der Waals surface area contributed by atoms with Crippen LogP contribution in [0.5, 0.6) is 0 Å². The molecule has 0 saturated carbocycles. The van der Waals surface area contributed by atoms with Crippen molar-refractivity contribution in [1.82, 2.24) is 0 Å². The Morgan fingerprint density at radius 1 is 1.00 bits per heavy atom. The van der Waals surface area contributed by atoms with E-state index >= 15 is 0 Å². The van der Waals surface area contributed by atoms with Gasteiger partial charge < -0.3 is 0 Å². The van der Waals surface area contributed by atoms with Gasteiger partial charge in [-0.3, -0.25) is 9.10 Å². The van der Waals surface area contributed by atoms with Gasteiger partial charge >= 0.3 is 0 Å². The van der Waals surface area contributed by atoms with Crippen LogP contribution in [0.4, 0.5) is 5.69 Å². The molecule has 0 aliphatic heterocycles. The van der Waals surface area contributed by atoms with Crippen molar-refractivity contribution in [2.75, 3.05) is 11.4 Å². The third-order valence-corrected chi connectivity index (χ3v) is 5.08. The van der Waals surface area contributed by atoms with Crippen LogP contribution in [-0.4, -0.2) is 21.2 Å². The summed E-state index contributed by atoms with van der Waals surface area (Å²) >= 11 is 0. The van der Waals surface area contributed by atoms with Crippen LogP contribution >= 0.6 is 0 Å². The third kappa shape index (κ3) is 3.13. The lowest BCUT2D eigenvalue weighted by Crippen LogP contribution is -2.26. The minimum atomic E-state index is -3.62. The topological polar surface area (TPSA) is 54.5 Å². The number of anilines is 1. The summed E-state index contributed by atoms with van der Waals surface area (Å²) in [4.78, 5) is 11.7. The lowest BCUT2D eigenvalue weighted by molar-refractivity contribution is 0.0988. The fourth-order valence-electron chi connectivity index (χ4n) is 1.95. The normalized spacial score (nSPS) is 11.1. The van der Waals surface area contributed by atoms with Gasteiger partial charge in [0.2, 0.25) is 0 Å². The van der Waals surface area contributed by atoms with Gasteiger partial charge in [-0.1, -0.05) is 37.3 Å². The molecular weight excluding hydrogens is 286 g/mol. The molecule has 0 spiro atoms. The van der Waals surface area contributed by atoms with Gasteiger partial charge in [0, 0.05) is 19.0 Å². The predicted molar refractivity (Wildman–Crippen MR) is 83.1 cm³/mol. The van der Waals surface area contributed by atoms with Gasteiger partial charge in [-0.15, -0.1) is 0 Å². The number of hydrogen-bond acceptors (Lipinski definition) is 3. The molecule has 2 rings (SSSR count). The summed E-state index contributed by atoms with van der Waals surface area (Å²) in [6, 6.07) is 14.9. The van der Waals surface area contributed by atoms with Crippen LogP contribution < -0.4 is 4.31 Å². The van der Waals surface area contributed by atoms with Crippen LogP contribution in [0.15, 0.2) is 59.5 Å². The number of Topliss-reactive ketones (excluding diaryl/α,β-unsaturated/α-hetero) is 1. The van der Waals surface area contributed by atoms with Crippen molar-refractivity contribution in [2.24, 2.45) is 0 Å². The fraction of sp³-hybridized carbons (Fsp3) is 0.188. The second kappa shape index (κ2) is 6.10. The van der Waals surface area contributed by atoms with Crippen LogP contribution in [-0.2, 0) is 10.0 Å². The van der Waals surface area contributed by atoms with E-state index in [2.05, 4.69) is 0 Å². The van der Waals surface area contributed by atoms with Crippen molar-refractivity contribution >= 4 is 21.5 Å². The Balaban J connectivity index is 2.34. The predicted octanol–water partition coefficient (Wildman–Crippen LogP) is 3.10. The number of ketones is 1. The molecule has 5 heteroatoms. The van der Waals surface area contributed by atoms with E-state index in [9.17, 15) is 13.2 Å². The average Bonchev–Trinajstić information content (AvgIpc) is 2.54. The summed E-state index contributed by atoms with van der Waals surface area (Å²) < 4.78 is 26.3. The first-order valence-corrected chi connectivity index (χ1v) is 8.08. The highest BCUT2D eigenvalue weighted by Crippen LogP contribution is 2.22. The molecule has 0 amide bonds. The van der Waals surface area contributed by atoms with Crippen LogP contribution in [0.25, 0.3) is 0 Å². The number of benzene rings is 2. The average molecular weight is 303 g/mol. The lowest BCUT2D eigenvalue weighted by Gasteiger charge is -2.19. The van der Waals surface area contributed by atoms with Crippen molar-refractivity contribution in [2.45, 2.75) is 18.2 Å². The van der Waals surface area contributed by atoms with E-state index in [4.69, 9.17) is 0 Å². The molecule has 21 heavy (non-hydrogen) atoms. The number of carbonyl (C=O) groups excluding carboxylic acids is 1. The highest BCUT2D eigenvalue weighted by molar-refractivity contribution is 7.92. The maximum atomic E-state index is 12.5. The van der Waals surface area contributed by atoms with Gasteiger partial charge in [-0.05, 0) is 24.3 Å². The SMILES string of the molecule is CCC(=O)c1ccc(S(=O)(=O)N(C)c2ccccc2)cc1. The Labute approximate surface area is 125 Å². The summed E-state index contributed by atoms with van der Waals surface area (Å²) in [6.45, 7) is 1.77. The highest BCUT2D eigenvalue weighted by Gasteiger charge is 2.21. The van der Waals surface area contributed by atoms with Crippen LogP contribution in [0.3, 0.4) is 0 Å². The van der Waals surface area contributed by atoms with E-state index in [-0.39, 0.29) is 10.7 Å². The molecule has 0 aliphatic rings. The lowest BCUT2D eigenvalue weighted by atomic mass is 10.1. The van der Waals surface area contributed by atoms with Crippen LogP contribution in [0, 0.1) is 0 Å². The molecule has 2 aromatic carbocycles. The molecular formula is C16H17NO3S. The first-order valence-electron chi connectivity index (χ1n) is 6.64. The molecule has 0 aliphatic carbocycles. The van der Waals surface area contributed by atoms with Crippen molar-refractivity contribution in [3.05, 3.63) is 60.2 Å². The smallest absolute Gasteiger partial charge is 0.264 e. The van der Waals surface area contributed by atoms with Gasteiger partial charge in [-0.25, -0.2) is 8.42 Å². The Kier molecular flexibility index (Phi) is 4.43. The fourth-order valence-corrected chi connectivity index (χ4v) is 3.15. The highest BCUT2D eigenvalue weighted by atomic mass is 32.2. The molecule has 110 valence electrons. The first-order chi connectivity index (χ1) is 9.96. The number of para-hydroxylation sites is 1. The van der Waals surface area contributed by atoms with Gasteiger partial charge in [0.25, 0.3) is 10.0 Å². The van der Waals surface area contributed by atoms with Crippen LogP contribution in [0.2, 0.25) is 0 Å². The second-order valence-electron chi connectivity index (χ2n) is 4.61.